The molecule has 1 fully saturated rings. The van der Waals surface area contributed by atoms with Gasteiger partial charge in [0.05, 0.1) is 0 Å². The lowest BCUT2D eigenvalue weighted by Crippen LogP contribution is -2.43. The molecule has 0 atom stereocenters. The van der Waals surface area contributed by atoms with Crippen LogP contribution in [0.4, 0.5) is 5.69 Å². The first kappa shape index (κ1) is 12.6. The molecule has 1 heterocycles. The number of para-hydroxylation sites is 1. The monoisotopic (exact) mass is 246 g/mol. The Labute approximate surface area is 107 Å². The van der Waals surface area contributed by atoms with Crippen molar-refractivity contribution in [1.82, 2.24) is 4.90 Å². The molecule has 0 spiro atoms. The van der Waals surface area contributed by atoms with Crippen LogP contribution in [-0.2, 0) is 9.59 Å². The van der Waals surface area contributed by atoms with E-state index in [1.165, 1.54) is 0 Å². The Balaban J connectivity index is 1.91. The van der Waals surface area contributed by atoms with E-state index in [1.807, 2.05) is 18.2 Å². The summed E-state index contributed by atoms with van der Waals surface area (Å²) >= 11 is 0. The third kappa shape index (κ3) is 3.09. The highest BCUT2D eigenvalue weighted by Crippen LogP contribution is 2.16. The van der Waals surface area contributed by atoms with E-state index in [9.17, 15) is 9.59 Å². The number of amides is 2. The number of hydrogen-bond acceptors (Lipinski definition) is 2. The minimum absolute atomic E-state index is 0.425. The van der Waals surface area contributed by atoms with E-state index in [0.717, 1.165) is 12.8 Å². The van der Waals surface area contributed by atoms with Gasteiger partial charge in [0.15, 0.2) is 0 Å². The van der Waals surface area contributed by atoms with E-state index in [2.05, 4.69) is 12.2 Å². The number of carbonyl (C=O) groups excluding carboxylic acids is 2. The SMILES string of the molecule is CC1CCN(C(=O)C(=O)Nc2ccccc2)CC1. The number of likely N-dealkylation sites (tertiary alicyclic amines) is 1. The van der Waals surface area contributed by atoms with Crippen molar-refractivity contribution in [1.29, 1.82) is 0 Å². The molecular formula is C14H18N2O2. The molecule has 0 aromatic heterocycles. The minimum atomic E-state index is -0.546. The lowest BCUT2D eigenvalue weighted by atomic mass is 9.99. The molecule has 2 amide bonds. The summed E-state index contributed by atoms with van der Waals surface area (Å²) in [4.78, 5) is 25.4. The van der Waals surface area contributed by atoms with Crippen molar-refractivity contribution >= 4 is 17.5 Å². The Kier molecular flexibility index (Phi) is 3.97. The maximum atomic E-state index is 11.9. The number of nitrogens with one attached hydrogen (secondary N) is 1. The van der Waals surface area contributed by atoms with Crippen LogP contribution in [0.1, 0.15) is 19.8 Å². The average molecular weight is 246 g/mol. The van der Waals surface area contributed by atoms with Gasteiger partial charge < -0.3 is 10.2 Å². The Morgan fingerprint density at radius 2 is 1.78 bits per heavy atom. The highest BCUT2D eigenvalue weighted by molar-refractivity contribution is 6.39. The molecule has 0 bridgehead atoms. The van der Waals surface area contributed by atoms with E-state index in [4.69, 9.17) is 0 Å². The standard InChI is InChI=1S/C14H18N2O2/c1-11-7-9-16(10-8-11)14(18)13(17)15-12-5-3-2-4-6-12/h2-6,11H,7-10H2,1H3,(H,15,17). The van der Waals surface area contributed by atoms with E-state index in [1.54, 1.807) is 17.0 Å². The number of hydrogen-bond donors (Lipinski definition) is 1. The Morgan fingerprint density at radius 1 is 1.17 bits per heavy atom. The largest absolute Gasteiger partial charge is 0.334 e. The Bertz CT molecular complexity index is 423. The normalized spacial score (nSPS) is 16.4. The van der Waals surface area contributed by atoms with E-state index < -0.39 is 11.8 Å². The summed E-state index contributed by atoms with van der Waals surface area (Å²) in [6, 6.07) is 9.04. The second-order valence-electron chi connectivity index (χ2n) is 4.79. The molecule has 2 rings (SSSR count). The smallest absolute Gasteiger partial charge is 0.313 e. The van der Waals surface area contributed by atoms with Crippen molar-refractivity contribution in [3.05, 3.63) is 30.3 Å². The van der Waals surface area contributed by atoms with Gasteiger partial charge in [0.2, 0.25) is 0 Å². The van der Waals surface area contributed by atoms with E-state index >= 15 is 0 Å². The average Bonchev–Trinajstić information content (AvgIpc) is 2.40. The summed E-state index contributed by atoms with van der Waals surface area (Å²) in [7, 11) is 0. The first-order chi connectivity index (χ1) is 8.66. The van der Waals surface area contributed by atoms with Gasteiger partial charge in [-0.25, -0.2) is 0 Å². The second-order valence-corrected chi connectivity index (χ2v) is 4.79. The zero-order chi connectivity index (χ0) is 13.0. The summed E-state index contributed by atoms with van der Waals surface area (Å²) in [5.41, 5.74) is 0.654. The second kappa shape index (κ2) is 5.67. The molecule has 0 unspecified atom stereocenters. The zero-order valence-electron chi connectivity index (χ0n) is 10.6. The van der Waals surface area contributed by atoms with Crippen molar-refractivity contribution in [3.63, 3.8) is 0 Å². The number of rotatable bonds is 1. The molecule has 4 nitrogen and oxygen atoms in total. The zero-order valence-corrected chi connectivity index (χ0v) is 10.6. The van der Waals surface area contributed by atoms with Crippen molar-refractivity contribution in [3.8, 4) is 0 Å². The van der Waals surface area contributed by atoms with Gasteiger partial charge >= 0.3 is 11.8 Å². The van der Waals surface area contributed by atoms with Crippen LogP contribution in [0.2, 0.25) is 0 Å². The van der Waals surface area contributed by atoms with Crippen LogP contribution in [-0.4, -0.2) is 29.8 Å². The molecule has 1 aliphatic heterocycles. The van der Waals surface area contributed by atoms with Crippen molar-refractivity contribution < 1.29 is 9.59 Å². The van der Waals surface area contributed by atoms with Crippen LogP contribution in [0, 0.1) is 5.92 Å². The first-order valence-corrected chi connectivity index (χ1v) is 6.32. The number of nitrogens with zero attached hydrogens (tertiary/aromatic N) is 1. The van der Waals surface area contributed by atoms with Crippen LogP contribution in [0.25, 0.3) is 0 Å². The van der Waals surface area contributed by atoms with Gasteiger partial charge in [0, 0.05) is 18.8 Å². The molecule has 96 valence electrons. The molecule has 0 saturated carbocycles. The van der Waals surface area contributed by atoms with Gasteiger partial charge in [-0.3, -0.25) is 9.59 Å². The molecule has 1 saturated heterocycles. The molecule has 0 aliphatic carbocycles. The topological polar surface area (TPSA) is 49.4 Å². The predicted octanol–water partition coefficient (Wildman–Crippen LogP) is 1.88. The van der Waals surface area contributed by atoms with Crippen molar-refractivity contribution in [2.24, 2.45) is 5.92 Å². The van der Waals surface area contributed by atoms with Gasteiger partial charge in [-0.2, -0.15) is 0 Å². The third-order valence-electron chi connectivity index (χ3n) is 3.30. The summed E-state index contributed by atoms with van der Waals surface area (Å²) in [6.07, 6.45) is 1.95. The Hall–Kier alpha value is -1.84. The van der Waals surface area contributed by atoms with Gasteiger partial charge in [-0.05, 0) is 30.9 Å². The molecule has 0 radical (unpaired) electrons. The van der Waals surface area contributed by atoms with Gasteiger partial charge in [-0.1, -0.05) is 25.1 Å². The molecule has 1 aliphatic rings. The van der Waals surface area contributed by atoms with Gasteiger partial charge in [0.25, 0.3) is 0 Å². The van der Waals surface area contributed by atoms with Crippen LogP contribution in [0.15, 0.2) is 30.3 Å². The number of benzene rings is 1. The maximum Gasteiger partial charge on any atom is 0.313 e. The molecule has 1 N–H and O–H groups in total. The van der Waals surface area contributed by atoms with Crippen LogP contribution < -0.4 is 5.32 Å². The fourth-order valence-corrected chi connectivity index (χ4v) is 2.06. The predicted molar refractivity (Wildman–Crippen MR) is 70.0 cm³/mol. The van der Waals surface area contributed by atoms with Crippen LogP contribution in [0.3, 0.4) is 0 Å². The molecular weight excluding hydrogens is 228 g/mol. The third-order valence-corrected chi connectivity index (χ3v) is 3.30. The fourth-order valence-electron chi connectivity index (χ4n) is 2.06. The Morgan fingerprint density at radius 3 is 2.39 bits per heavy atom. The van der Waals surface area contributed by atoms with Crippen LogP contribution in [0.5, 0.6) is 0 Å². The fraction of sp³-hybridized carbons (Fsp3) is 0.429. The summed E-state index contributed by atoms with van der Waals surface area (Å²) in [5, 5.41) is 2.62. The van der Waals surface area contributed by atoms with Crippen molar-refractivity contribution in [2.45, 2.75) is 19.8 Å². The highest BCUT2D eigenvalue weighted by Gasteiger charge is 2.25. The number of piperidine rings is 1. The minimum Gasteiger partial charge on any atom is -0.334 e. The number of carbonyl (C=O) groups is 2. The van der Waals surface area contributed by atoms with Crippen LogP contribution >= 0.6 is 0 Å². The summed E-state index contributed by atoms with van der Waals surface area (Å²) in [6.45, 7) is 3.54. The summed E-state index contributed by atoms with van der Waals surface area (Å²) < 4.78 is 0. The quantitative estimate of drug-likeness (QED) is 0.769. The summed E-state index contributed by atoms with van der Waals surface area (Å²) in [5.74, 6) is -0.326. The lowest BCUT2D eigenvalue weighted by Gasteiger charge is -2.29. The lowest BCUT2D eigenvalue weighted by molar-refractivity contribution is -0.144. The molecule has 1 aromatic rings. The molecule has 1 aromatic carbocycles. The van der Waals surface area contributed by atoms with Crippen molar-refractivity contribution in [2.75, 3.05) is 18.4 Å². The number of anilines is 1. The molecule has 4 heteroatoms. The van der Waals surface area contributed by atoms with E-state index in [0.29, 0.717) is 24.7 Å². The highest BCUT2D eigenvalue weighted by atomic mass is 16.2. The van der Waals surface area contributed by atoms with Gasteiger partial charge in [0.1, 0.15) is 0 Å². The van der Waals surface area contributed by atoms with Gasteiger partial charge in [-0.15, -0.1) is 0 Å². The maximum absolute atomic E-state index is 11.9. The first-order valence-electron chi connectivity index (χ1n) is 6.32. The molecule has 18 heavy (non-hydrogen) atoms. The van der Waals surface area contributed by atoms with E-state index in [-0.39, 0.29) is 0 Å².